The minimum Gasteiger partial charge on any atom is -0.465 e. The molecule has 3 unspecified atom stereocenters. The zero-order chi connectivity index (χ0) is 48.7. The van der Waals surface area contributed by atoms with Crippen LogP contribution >= 0.6 is 0 Å². The first kappa shape index (κ1) is 64.6. The van der Waals surface area contributed by atoms with Crippen molar-refractivity contribution in [3.63, 3.8) is 0 Å². The van der Waals surface area contributed by atoms with E-state index >= 15 is 0 Å². The van der Waals surface area contributed by atoms with Crippen molar-refractivity contribution < 1.29 is 19.1 Å². The van der Waals surface area contributed by atoms with Gasteiger partial charge in [0.25, 0.3) is 0 Å². The first-order valence-electron chi connectivity index (χ1n) is 29.6. The summed E-state index contributed by atoms with van der Waals surface area (Å²) in [6.07, 6.45) is 44.2. The summed E-state index contributed by atoms with van der Waals surface area (Å²) in [5.74, 6) is 1.73. The Bertz CT molecular complexity index is 1010. The van der Waals surface area contributed by atoms with Gasteiger partial charge in [-0.3, -0.25) is 9.59 Å². The maximum atomic E-state index is 12.6. The molecule has 0 aliphatic rings. The van der Waals surface area contributed by atoms with Gasteiger partial charge < -0.3 is 19.3 Å². The number of carbonyl (C=O) groups is 2. The third-order valence-electron chi connectivity index (χ3n) is 14.9. The summed E-state index contributed by atoms with van der Waals surface area (Å²) in [6, 6.07) is 0.630. The topological polar surface area (TPSA) is 59.1 Å². The normalized spacial score (nSPS) is 13.6. The number of rotatable bonds is 52. The molecule has 0 bridgehead atoms. The quantitative estimate of drug-likeness (QED) is 0.0344. The molecule has 3 atom stereocenters. The first-order chi connectivity index (χ1) is 32.2. The molecule has 0 aromatic rings. The number of unbranched alkanes of at least 4 members (excludes halogenated alkanes) is 19. The molecule has 0 aromatic carbocycles. The van der Waals surface area contributed by atoms with Gasteiger partial charge in [-0.25, -0.2) is 0 Å². The average Bonchev–Trinajstić information content (AvgIpc) is 3.32. The molecule has 0 saturated heterocycles. The molecule has 0 spiro atoms. The lowest BCUT2D eigenvalue weighted by molar-refractivity contribution is -0.146. The van der Waals surface area contributed by atoms with Gasteiger partial charge in [-0.15, -0.1) is 0 Å². The summed E-state index contributed by atoms with van der Waals surface area (Å²) < 4.78 is 11.6. The predicted octanol–water partition coefficient (Wildman–Crippen LogP) is 18.0. The van der Waals surface area contributed by atoms with Crippen LogP contribution in [-0.4, -0.2) is 73.7 Å². The zero-order valence-corrected chi connectivity index (χ0v) is 46.2. The van der Waals surface area contributed by atoms with Crippen molar-refractivity contribution in [1.82, 2.24) is 9.80 Å². The van der Waals surface area contributed by atoms with Crippen molar-refractivity contribution in [1.29, 1.82) is 0 Å². The minimum absolute atomic E-state index is 0.0194. The highest BCUT2D eigenvalue weighted by molar-refractivity contribution is 5.69. The fourth-order valence-corrected chi connectivity index (χ4v) is 9.88. The number of hydrogen-bond acceptors (Lipinski definition) is 6. The fourth-order valence-electron chi connectivity index (χ4n) is 9.88. The van der Waals surface area contributed by atoms with Crippen molar-refractivity contribution >= 4 is 11.9 Å². The van der Waals surface area contributed by atoms with E-state index in [2.05, 4.69) is 71.8 Å². The maximum Gasteiger partial charge on any atom is 0.305 e. The molecule has 0 aliphatic heterocycles. The average molecular weight is 932 g/mol. The van der Waals surface area contributed by atoms with E-state index in [-0.39, 0.29) is 11.9 Å². The molecule has 6 nitrogen and oxygen atoms in total. The molecule has 0 aliphatic carbocycles. The third kappa shape index (κ3) is 39.4. The second-order valence-electron chi connectivity index (χ2n) is 20.9. The Balaban J connectivity index is 5.12. The third-order valence-corrected chi connectivity index (χ3v) is 14.9. The standard InChI is InChI=1S/C60H118N2O4/c1-10-17-22-32-42-56(40-20-13-4)52-65-59(63)46-36-30-26-24-28-34-44-58(62(50-38-49-61(15-6)16-7)51-48-55(9)54(8)39-19-12-3)45-35-29-25-27-31-37-47-60(64)66-53-57(41-21-14-5)43-33-23-18-11-2/h54,56-58H,9-53H2,1-8H3. The number of carbonyl (C=O) groups excluding carboxylic acids is 2. The van der Waals surface area contributed by atoms with Crippen LogP contribution in [0.2, 0.25) is 0 Å². The summed E-state index contributed by atoms with van der Waals surface area (Å²) >= 11 is 0. The Morgan fingerprint density at radius 1 is 0.409 bits per heavy atom. The SMILES string of the molecule is C=C(CCN(CCCN(CC)CC)C(CCCCCCCCC(=O)OCC(CCCC)CCCCCC)CCCCCCCCC(=O)OCC(CCCC)CCCCCC)C(C)CCCC. The lowest BCUT2D eigenvalue weighted by Gasteiger charge is -2.34. The number of ether oxygens (including phenoxy) is 2. The van der Waals surface area contributed by atoms with Gasteiger partial charge in [0.1, 0.15) is 0 Å². The van der Waals surface area contributed by atoms with Crippen LogP contribution in [0.1, 0.15) is 293 Å². The molecule has 0 saturated carbocycles. The Hall–Kier alpha value is -1.40. The molecule has 0 heterocycles. The van der Waals surface area contributed by atoms with Crippen molar-refractivity contribution in [2.75, 3.05) is 45.9 Å². The van der Waals surface area contributed by atoms with Gasteiger partial charge in [0.15, 0.2) is 0 Å². The number of esters is 2. The summed E-state index contributed by atoms with van der Waals surface area (Å²) in [5.41, 5.74) is 1.45. The molecule has 0 fully saturated rings. The van der Waals surface area contributed by atoms with E-state index in [1.54, 1.807) is 0 Å². The van der Waals surface area contributed by atoms with Crippen LogP contribution in [0.3, 0.4) is 0 Å². The molecule has 392 valence electrons. The highest BCUT2D eigenvalue weighted by Gasteiger charge is 2.20. The minimum atomic E-state index is 0.0194. The van der Waals surface area contributed by atoms with E-state index in [9.17, 15) is 9.59 Å². The Kier molecular flexibility index (Phi) is 47.6. The van der Waals surface area contributed by atoms with Crippen LogP contribution in [0.5, 0.6) is 0 Å². The van der Waals surface area contributed by atoms with Crippen molar-refractivity contribution in [2.45, 2.75) is 299 Å². The van der Waals surface area contributed by atoms with Gasteiger partial charge in [0, 0.05) is 25.4 Å². The lowest BCUT2D eigenvalue weighted by Crippen LogP contribution is -2.39. The van der Waals surface area contributed by atoms with E-state index in [4.69, 9.17) is 9.47 Å². The summed E-state index contributed by atoms with van der Waals surface area (Å²) in [5, 5.41) is 0. The Morgan fingerprint density at radius 3 is 1.23 bits per heavy atom. The van der Waals surface area contributed by atoms with Crippen LogP contribution in [0, 0.1) is 17.8 Å². The maximum absolute atomic E-state index is 12.6. The fraction of sp³-hybridized carbons (Fsp3) is 0.933. The van der Waals surface area contributed by atoms with Gasteiger partial charge in [0.05, 0.1) is 13.2 Å². The summed E-state index contributed by atoms with van der Waals surface area (Å²) in [4.78, 5) is 30.8. The van der Waals surface area contributed by atoms with Gasteiger partial charge in [-0.1, -0.05) is 222 Å². The highest BCUT2D eigenvalue weighted by Crippen LogP contribution is 2.25. The molecule has 0 rings (SSSR count). The van der Waals surface area contributed by atoms with E-state index in [1.165, 1.54) is 211 Å². The smallest absolute Gasteiger partial charge is 0.305 e. The van der Waals surface area contributed by atoms with E-state index in [1.807, 2.05) is 0 Å². The van der Waals surface area contributed by atoms with Crippen LogP contribution < -0.4 is 0 Å². The zero-order valence-electron chi connectivity index (χ0n) is 46.2. The molecule has 6 heteroatoms. The Labute approximate surface area is 414 Å². The molecular formula is C60H118N2O4. The van der Waals surface area contributed by atoms with Crippen molar-refractivity contribution in [3.8, 4) is 0 Å². The van der Waals surface area contributed by atoms with Crippen LogP contribution in [0.4, 0.5) is 0 Å². The highest BCUT2D eigenvalue weighted by atomic mass is 16.5. The second kappa shape index (κ2) is 48.6. The van der Waals surface area contributed by atoms with Gasteiger partial charge >= 0.3 is 11.9 Å². The summed E-state index contributed by atoms with van der Waals surface area (Å²) in [7, 11) is 0. The molecule has 0 radical (unpaired) electrons. The molecule has 0 amide bonds. The van der Waals surface area contributed by atoms with E-state index in [0.717, 1.165) is 51.7 Å². The van der Waals surface area contributed by atoms with Gasteiger partial charge in [-0.2, -0.15) is 0 Å². The number of nitrogens with zero attached hydrogens (tertiary/aromatic N) is 2. The molecule has 0 N–H and O–H groups in total. The molecule has 66 heavy (non-hydrogen) atoms. The number of hydrogen-bond donors (Lipinski definition) is 0. The second-order valence-corrected chi connectivity index (χ2v) is 20.9. The van der Waals surface area contributed by atoms with Crippen LogP contribution in [0.15, 0.2) is 12.2 Å². The van der Waals surface area contributed by atoms with Crippen molar-refractivity contribution in [2.24, 2.45) is 17.8 Å². The van der Waals surface area contributed by atoms with E-state index in [0.29, 0.717) is 49.9 Å². The first-order valence-corrected chi connectivity index (χ1v) is 29.6. The molecular weight excluding hydrogens is 813 g/mol. The monoisotopic (exact) mass is 931 g/mol. The Morgan fingerprint density at radius 2 is 0.788 bits per heavy atom. The van der Waals surface area contributed by atoms with E-state index < -0.39 is 0 Å². The molecule has 0 aromatic heterocycles. The van der Waals surface area contributed by atoms with Gasteiger partial charge in [-0.05, 0) is 115 Å². The van der Waals surface area contributed by atoms with Crippen LogP contribution in [0.25, 0.3) is 0 Å². The van der Waals surface area contributed by atoms with Crippen LogP contribution in [-0.2, 0) is 19.1 Å². The van der Waals surface area contributed by atoms with Crippen molar-refractivity contribution in [3.05, 3.63) is 12.2 Å². The predicted molar refractivity (Wildman–Crippen MR) is 290 cm³/mol. The van der Waals surface area contributed by atoms with Gasteiger partial charge in [0.2, 0.25) is 0 Å². The lowest BCUT2D eigenvalue weighted by atomic mass is 9.93. The summed E-state index contributed by atoms with van der Waals surface area (Å²) in [6.45, 7) is 30.0. The largest absolute Gasteiger partial charge is 0.465 e.